The highest BCUT2D eigenvalue weighted by Gasteiger charge is 2.06. The van der Waals surface area contributed by atoms with E-state index in [0.29, 0.717) is 0 Å². The highest BCUT2D eigenvalue weighted by Crippen LogP contribution is 2.27. The summed E-state index contributed by atoms with van der Waals surface area (Å²) in [5, 5.41) is 2.80. The van der Waals surface area contributed by atoms with Crippen LogP contribution in [-0.2, 0) is 6.42 Å². The van der Waals surface area contributed by atoms with Crippen LogP contribution in [0.1, 0.15) is 11.1 Å². The molecular formula is C13H16Si2. The van der Waals surface area contributed by atoms with Crippen LogP contribution in [0, 0.1) is 0 Å². The van der Waals surface area contributed by atoms with Gasteiger partial charge in [-0.15, -0.1) is 0 Å². The Kier molecular flexibility index (Phi) is 3.18. The second kappa shape index (κ2) is 4.60. The molecule has 0 aliphatic heterocycles. The summed E-state index contributed by atoms with van der Waals surface area (Å²) in [6.45, 7) is 0. The average molecular weight is 228 g/mol. The van der Waals surface area contributed by atoms with Crippen molar-refractivity contribution in [3.8, 4) is 0 Å². The summed E-state index contributed by atoms with van der Waals surface area (Å²) in [6.07, 6.45) is 5.53. The van der Waals surface area contributed by atoms with Gasteiger partial charge >= 0.3 is 0 Å². The molecule has 1 aliphatic rings. The normalized spacial score (nSPS) is 12.5. The minimum absolute atomic E-state index is 1.08. The SMILES string of the molecule is C1=Cc2cccc3cccc(c23)C1.[SiH3][SiH3]. The lowest BCUT2D eigenvalue weighted by atomic mass is 9.93. The standard InChI is InChI=1S/C13H10.H6Si2/c1-4-10-6-2-8-12-9-3-7-11(5-1)13(10)12;1-2/h1-8H,9H2;1-2H3. The van der Waals surface area contributed by atoms with Crippen molar-refractivity contribution in [2.75, 3.05) is 0 Å². The van der Waals surface area contributed by atoms with Crippen LogP contribution in [-0.4, -0.2) is 19.5 Å². The van der Waals surface area contributed by atoms with Crippen LogP contribution in [0.25, 0.3) is 16.8 Å². The zero-order chi connectivity index (χ0) is 10.7. The van der Waals surface area contributed by atoms with E-state index in [1.807, 2.05) is 0 Å². The van der Waals surface area contributed by atoms with E-state index in [4.69, 9.17) is 0 Å². The Morgan fingerprint density at radius 1 is 0.933 bits per heavy atom. The van der Waals surface area contributed by atoms with Crippen LogP contribution >= 0.6 is 0 Å². The van der Waals surface area contributed by atoms with Gasteiger partial charge in [-0.25, -0.2) is 0 Å². The number of hydrogen-bond acceptors (Lipinski definition) is 0. The molecule has 0 saturated carbocycles. The Morgan fingerprint density at radius 2 is 1.67 bits per heavy atom. The zero-order valence-electron chi connectivity index (χ0n) is 9.33. The number of allylic oxidation sites excluding steroid dienone is 1. The van der Waals surface area contributed by atoms with Crippen LogP contribution in [0.2, 0.25) is 0 Å². The number of rotatable bonds is 0. The van der Waals surface area contributed by atoms with Crippen LogP contribution in [0.5, 0.6) is 0 Å². The lowest BCUT2D eigenvalue weighted by Crippen LogP contribution is -1.91. The highest BCUT2D eigenvalue weighted by atomic mass is 29.1. The molecule has 0 unspecified atom stereocenters. The summed E-state index contributed by atoms with van der Waals surface area (Å²) in [5.74, 6) is 0. The number of benzene rings is 2. The number of hydrogen-bond donors (Lipinski definition) is 0. The summed E-state index contributed by atoms with van der Waals surface area (Å²) < 4.78 is 0. The molecule has 0 bridgehead atoms. The second-order valence-electron chi connectivity index (χ2n) is 3.47. The first kappa shape index (κ1) is 10.4. The van der Waals surface area contributed by atoms with Gasteiger partial charge in [0, 0.05) is 0 Å². The molecule has 2 heteroatoms. The van der Waals surface area contributed by atoms with Gasteiger partial charge < -0.3 is 0 Å². The Bertz CT molecular complexity index is 496. The van der Waals surface area contributed by atoms with Crippen LogP contribution < -0.4 is 0 Å². The maximum Gasteiger partial charge on any atom is -0.00763 e. The van der Waals surface area contributed by atoms with Gasteiger partial charge in [-0.05, 0) is 47.8 Å². The van der Waals surface area contributed by atoms with Gasteiger partial charge in [0.2, 0.25) is 0 Å². The van der Waals surface area contributed by atoms with Crippen molar-refractivity contribution in [2.45, 2.75) is 6.42 Å². The maximum absolute atomic E-state index is 2.23. The summed E-state index contributed by atoms with van der Waals surface area (Å²) >= 11 is 0. The maximum atomic E-state index is 2.23. The van der Waals surface area contributed by atoms with Crippen molar-refractivity contribution >= 4 is 36.4 Å². The molecule has 15 heavy (non-hydrogen) atoms. The van der Waals surface area contributed by atoms with E-state index < -0.39 is 0 Å². The van der Waals surface area contributed by atoms with Gasteiger partial charge in [-0.3, -0.25) is 0 Å². The van der Waals surface area contributed by atoms with E-state index in [1.54, 1.807) is 0 Å². The molecule has 0 atom stereocenters. The molecule has 76 valence electrons. The minimum atomic E-state index is 1.08. The third-order valence-electron chi connectivity index (χ3n) is 2.66. The molecule has 0 fully saturated rings. The molecule has 0 nitrogen and oxygen atoms in total. The topological polar surface area (TPSA) is 0 Å². The molecule has 3 rings (SSSR count). The van der Waals surface area contributed by atoms with Crippen molar-refractivity contribution in [3.63, 3.8) is 0 Å². The van der Waals surface area contributed by atoms with E-state index in [0.717, 1.165) is 6.42 Å². The quantitative estimate of drug-likeness (QED) is 0.591. The molecule has 2 aromatic rings. The van der Waals surface area contributed by atoms with E-state index in [1.165, 1.54) is 41.4 Å². The van der Waals surface area contributed by atoms with Crippen LogP contribution in [0.4, 0.5) is 0 Å². The molecule has 0 radical (unpaired) electrons. The van der Waals surface area contributed by atoms with Gasteiger partial charge in [-0.2, -0.15) is 0 Å². The summed E-state index contributed by atoms with van der Waals surface area (Å²) in [4.78, 5) is 0. The van der Waals surface area contributed by atoms with Crippen molar-refractivity contribution in [1.29, 1.82) is 0 Å². The molecule has 0 amide bonds. The van der Waals surface area contributed by atoms with Crippen molar-refractivity contribution in [3.05, 3.63) is 53.6 Å². The Labute approximate surface area is 96.6 Å². The molecule has 0 N–H and O–H groups in total. The Balaban J connectivity index is 0.000000404. The van der Waals surface area contributed by atoms with Gasteiger partial charge in [0.05, 0.1) is 0 Å². The first-order valence-electron chi connectivity index (χ1n) is 5.62. The van der Waals surface area contributed by atoms with Gasteiger partial charge in [0.25, 0.3) is 0 Å². The zero-order valence-corrected chi connectivity index (χ0v) is 13.3. The van der Waals surface area contributed by atoms with E-state index >= 15 is 0 Å². The first-order valence-corrected chi connectivity index (χ1v) is 13.6. The van der Waals surface area contributed by atoms with Crippen molar-refractivity contribution < 1.29 is 0 Å². The molecule has 1 aliphatic carbocycles. The van der Waals surface area contributed by atoms with Gasteiger partial charge in [0.1, 0.15) is 0 Å². The molecule has 0 spiro atoms. The third kappa shape index (κ3) is 1.83. The molecule has 0 heterocycles. The monoisotopic (exact) mass is 228 g/mol. The molecular weight excluding hydrogens is 212 g/mol. The first-order chi connectivity index (χ1) is 7.45. The highest BCUT2D eigenvalue weighted by molar-refractivity contribution is 6.75. The average Bonchev–Trinajstić information content (AvgIpc) is 2.33. The summed E-state index contributed by atoms with van der Waals surface area (Å²) in [7, 11) is 2.89. The Hall–Kier alpha value is -1.13. The second-order valence-corrected chi connectivity index (χ2v) is 3.47. The molecule has 0 saturated heterocycles. The largest absolute Gasteiger partial charge is 0.0795 e. The van der Waals surface area contributed by atoms with Crippen molar-refractivity contribution in [2.24, 2.45) is 0 Å². The lowest BCUT2D eigenvalue weighted by Gasteiger charge is -2.11. The predicted molar refractivity (Wildman–Crippen MR) is 76.6 cm³/mol. The fourth-order valence-electron chi connectivity index (χ4n) is 2.07. The summed E-state index contributed by atoms with van der Waals surface area (Å²) in [5.41, 5.74) is 2.81. The van der Waals surface area contributed by atoms with E-state index in [2.05, 4.69) is 48.6 Å². The minimum Gasteiger partial charge on any atom is -0.0795 e. The fraction of sp³-hybridized carbons (Fsp3) is 0.0769. The fourth-order valence-corrected chi connectivity index (χ4v) is 2.07. The van der Waals surface area contributed by atoms with Crippen molar-refractivity contribution in [1.82, 2.24) is 0 Å². The van der Waals surface area contributed by atoms with Gasteiger partial charge in [-0.1, -0.05) is 48.6 Å². The van der Waals surface area contributed by atoms with Crippen LogP contribution in [0.15, 0.2) is 42.5 Å². The molecule has 0 aromatic heterocycles. The Morgan fingerprint density at radius 3 is 2.47 bits per heavy atom. The lowest BCUT2D eigenvalue weighted by molar-refractivity contribution is 1.29. The molecule has 2 aromatic carbocycles. The third-order valence-corrected chi connectivity index (χ3v) is 2.66. The smallest absolute Gasteiger partial charge is 0.00763 e. The van der Waals surface area contributed by atoms with E-state index in [9.17, 15) is 0 Å². The van der Waals surface area contributed by atoms with E-state index in [-0.39, 0.29) is 0 Å². The summed E-state index contributed by atoms with van der Waals surface area (Å²) in [6, 6.07) is 13.0. The van der Waals surface area contributed by atoms with Gasteiger partial charge in [0.15, 0.2) is 0 Å². The van der Waals surface area contributed by atoms with Crippen LogP contribution in [0.3, 0.4) is 0 Å². The predicted octanol–water partition coefficient (Wildman–Crippen LogP) is 1.04.